The summed E-state index contributed by atoms with van der Waals surface area (Å²) in [6, 6.07) is 23.3. The van der Waals surface area contributed by atoms with E-state index < -0.39 is 10.0 Å². The largest absolute Gasteiger partial charge is 0.289 e. The highest BCUT2D eigenvalue weighted by atomic mass is 32.2. The van der Waals surface area contributed by atoms with Gasteiger partial charge in [0.1, 0.15) is 0 Å². The maximum Gasteiger partial charge on any atom is 0.243 e. The van der Waals surface area contributed by atoms with Crippen LogP contribution >= 0.6 is 0 Å². The summed E-state index contributed by atoms with van der Waals surface area (Å²) in [5.74, 6) is -0.101. The summed E-state index contributed by atoms with van der Waals surface area (Å²) in [4.78, 5) is 13.9. The number of hydrogen-bond acceptors (Lipinski definition) is 3. The van der Waals surface area contributed by atoms with E-state index in [9.17, 15) is 13.2 Å². The number of ketones is 1. The first-order valence-electron chi connectivity index (χ1n) is 14.0. The first-order chi connectivity index (χ1) is 18.8. The molecule has 1 heterocycles. The molecule has 1 saturated heterocycles. The molecule has 0 aliphatic carbocycles. The fourth-order valence-electron chi connectivity index (χ4n) is 4.76. The number of carbonyl (C=O) groups excluding carboxylic acids is 1. The van der Waals surface area contributed by atoms with Crippen LogP contribution in [0.3, 0.4) is 0 Å². The third-order valence-electron chi connectivity index (χ3n) is 7.21. The summed E-state index contributed by atoms with van der Waals surface area (Å²) in [5, 5.41) is 0. The zero-order valence-electron chi connectivity index (χ0n) is 23.3. The van der Waals surface area contributed by atoms with Crippen molar-refractivity contribution in [3.05, 3.63) is 112 Å². The molecule has 0 bridgehead atoms. The molecule has 0 spiro atoms. The molecular formula is C34H39NO3S. The number of rotatable bonds is 10. The molecule has 0 radical (unpaired) electrons. The van der Waals surface area contributed by atoms with Gasteiger partial charge in [0.05, 0.1) is 4.90 Å². The van der Waals surface area contributed by atoms with Crippen LogP contribution in [0.4, 0.5) is 0 Å². The van der Waals surface area contributed by atoms with Gasteiger partial charge in [0.15, 0.2) is 5.78 Å². The summed E-state index contributed by atoms with van der Waals surface area (Å²) < 4.78 is 28.7. The normalized spacial score (nSPS) is 16.7. The second-order valence-electron chi connectivity index (χ2n) is 10.4. The molecule has 1 fully saturated rings. The average Bonchev–Trinajstić information content (AvgIpc) is 2.94. The van der Waals surface area contributed by atoms with E-state index in [1.165, 1.54) is 15.4 Å². The van der Waals surface area contributed by atoms with Crippen LogP contribution in [-0.2, 0) is 27.7 Å². The van der Waals surface area contributed by atoms with Gasteiger partial charge in [-0.3, -0.25) is 4.79 Å². The number of hydrogen-bond donors (Lipinski definition) is 0. The van der Waals surface area contributed by atoms with Crippen molar-refractivity contribution in [3.63, 3.8) is 0 Å². The molecule has 39 heavy (non-hydrogen) atoms. The minimum absolute atomic E-state index is 0.0416. The molecule has 0 amide bonds. The number of nitrogens with zero attached hydrogens (tertiary/aromatic N) is 1. The van der Waals surface area contributed by atoms with Crippen LogP contribution in [0.25, 0.3) is 12.2 Å². The van der Waals surface area contributed by atoms with E-state index >= 15 is 0 Å². The zero-order chi connectivity index (χ0) is 27.8. The van der Waals surface area contributed by atoms with Gasteiger partial charge in [-0.2, -0.15) is 4.31 Å². The summed E-state index contributed by atoms with van der Waals surface area (Å²) in [6.07, 6.45) is 10.3. The molecule has 0 aromatic heterocycles. The van der Waals surface area contributed by atoms with E-state index in [-0.39, 0.29) is 23.8 Å². The molecule has 1 aliphatic rings. The molecule has 0 unspecified atom stereocenters. The third-order valence-corrected chi connectivity index (χ3v) is 9.02. The standard InChI is InChI=1S/C34H39NO3S/c1-4-6-8-27-12-16-29(17-13-27)22-31-24-35(39(37,38)33-20-10-26(3)11-21-33)25-32(34(31)36)23-30-18-14-28(15-19-30)9-7-5-2/h10-23H,4-9,24-25H2,1-3H3. The van der Waals surface area contributed by atoms with Gasteiger partial charge in [-0.25, -0.2) is 8.42 Å². The fourth-order valence-corrected chi connectivity index (χ4v) is 6.16. The minimum atomic E-state index is -3.79. The Bertz CT molecular complexity index is 1360. The van der Waals surface area contributed by atoms with Gasteiger partial charge < -0.3 is 0 Å². The predicted octanol–water partition coefficient (Wildman–Crippen LogP) is 7.42. The van der Waals surface area contributed by atoms with Crippen molar-refractivity contribution in [3.8, 4) is 0 Å². The molecule has 4 rings (SSSR count). The van der Waals surface area contributed by atoms with Gasteiger partial charge in [0, 0.05) is 24.2 Å². The number of carbonyl (C=O) groups is 1. The summed E-state index contributed by atoms with van der Waals surface area (Å²) in [7, 11) is -3.79. The van der Waals surface area contributed by atoms with E-state index in [2.05, 4.69) is 38.1 Å². The van der Waals surface area contributed by atoms with Gasteiger partial charge in [-0.15, -0.1) is 0 Å². The topological polar surface area (TPSA) is 54.5 Å². The molecule has 1 aliphatic heterocycles. The number of piperidine rings is 1. The quantitative estimate of drug-likeness (QED) is 0.251. The minimum Gasteiger partial charge on any atom is -0.289 e. The molecule has 4 nitrogen and oxygen atoms in total. The zero-order valence-corrected chi connectivity index (χ0v) is 24.1. The number of unbranched alkanes of at least 4 members (excludes halogenated alkanes) is 2. The van der Waals surface area contributed by atoms with Crippen LogP contribution < -0.4 is 0 Å². The molecule has 204 valence electrons. The molecule has 3 aromatic carbocycles. The lowest BCUT2D eigenvalue weighted by Crippen LogP contribution is -2.41. The number of benzene rings is 3. The van der Waals surface area contributed by atoms with Gasteiger partial charge in [-0.1, -0.05) is 92.9 Å². The van der Waals surface area contributed by atoms with Gasteiger partial charge in [0.2, 0.25) is 10.0 Å². The SMILES string of the molecule is CCCCc1ccc(C=C2CN(S(=O)(=O)c3ccc(C)cc3)CC(=Cc3ccc(CCCC)cc3)C2=O)cc1. The monoisotopic (exact) mass is 541 g/mol. The Morgan fingerprint density at radius 2 is 1.13 bits per heavy atom. The third kappa shape index (κ3) is 7.43. The second kappa shape index (κ2) is 13.2. The van der Waals surface area contributed by atoms with Crippen molar-refractivity contribution in [1.82, 2.24) is 4.31 Å². The van der Waals surface area contributed by atoms with Crippen molar-refractivity contribution in [2.24, 2.45) is 0 Å². The Hall–Kier alpha value is -3.28. The lowest BCUT2D eigenvalue weighted by atomic mass is 9.95. The van der Waals surface area contributed by atoms with Crippen molar-refractivity contribution in [2.45, 2.75) is 64.2 Å². The Kier molecular flexibility index (Phi) is 9.71. The molecule has 0 saturated carbocycles. The van der Waals surface area contributed by atoms with Crippen LogP contribution in [0.15, 0.2) is 88.8 Å². The average molecular weight is 542 g/mol. The van der Waals surface area contributed by atoms with Gasteiger partial charge in [-0.05, 0) is 79.1 Å². The van der Waals surface area contributed by atoms with Crippen LogP contribution in [0.5, 0.6) is 0 Å². The van der Waals surface area contributed by atoms with E-state index in [0.717, 1.165) is 55.2 Å². The second-order valence-corrected chi connectivity index (χ2v) is 12.4. The van der Waals surface area contributed by atoms with E-state index in [1.807, 2.05) is 43.3 Å². The predicted molar refractivity (Wildman–Crippen MR) is 161 cm³/mol. The smallest absolute Gasteiger partial charge is 0.243 e. The maximum absolute atomic E-state index is 13.7. The number of Topliss-reactive ketones (excluding diaryl/α,β-unsaturated/α-hetero) is 1. The highest BCUT2D eigenvalue weighted by Gasteiger charge is 2.34. The van der Waals surface area contributed by atoms with E-state index in [4.69, 9.17) is 0 Å². The fraction of sp³-hybridized carbons (Fsp3) is 0.324. The lowest BCUT2D eigenvalue weighted by Gasteiger charge is -2.29. The summed E-state index contributed by atoms with van der Waals surface area (Å²) in [5.41, 5.74) is 6.27. The Balaban J connectivity index is 1.68. The molecule has 0 N–H and O–H groups in total. The Labute approximate surface area is 234 Å². The Morgan fingerprint density at radius 3 is 1.54 bits per heavy atom. The molecular weight excluding hydrogens is 502 g/mol. The summed E-state index contributed by atoms with van der Waals surface area (Å²) >= 11 is 0. The van der Waals surface area contributed by atoms with Crippen LogP contribution in [0, 0.1) is 6.92 Å². The van der Waals surface area contributed by atoms with Crippen LogP contribution in [0.1, 0.15) is 67.3 Å². The lowest BCUT2D eigenvalue weighted by molar-refractivity contribution is -0.113. The maximum atomic E-state index is 13.7. The molecule has 3 aromatic rings. The van der Waals surface area contributed by atoms with Gasteiger partial charge in [0.25, 0.3) is 0 Å². The van der Waals surface area contributed by atoms with Crippen molar-refractivity contribution in [2.75, 3.05) is 13.1 Å². The van der Waals surface area contributed by atoms with E-state index in [1.54, 1.807) is 24.3 Å². The van der Waals surface area contributed by atoms with Crippen LogP contribution in [-0.4, -0.2) is 31.6 Å². The van der Waals surface area contributed by atoms with Crippen molar-refractivity contribution in [1.29, 1.82) is 0 Å². The molecule has 0 atom stereocenters. The van der Waals surface area contributed by atoms with Gasteiger partial charge >= 0.3 is 0 Å². The van der Waals surface area contributed by atoms with Crippen LogP contribution in [0.2, 0.25) is 0 Å². The van der Waals surface area contributed by atoms with E-state index in [0.29, 0.717) is 11.1 Å². The number of aryl methyl sites for hydroxylation is 3. The summed E-state index contributed by atoms with van der Waals surface area (Å²) in [6.45, 7) is 6.37. The van der Waals surface area contributed by atoms with Crippen molar-refractivity contribution < 1.29 is 13.2 Å². The molecule has 5 heteroatoms. The number of sulfonamides is 1. The first kappa shape index (κ1) is 28.7. The first-order valence-corrected chi connectivity index (χ1v) is 15.4. The highest BCUT2D eigenvalue weighted by molar-refractivity contribution is 7.89. The van der Waals surface area contributed by atoms with Crippen molar-refractivity contribution >= 4 is 28.0 Å². The highest BCUT2D eigenvalue weighted by Crippen LogP contribution is 2.27. The Morgan fingerprint density at radius 1 is 0.692 bits per heavy atom.